The van der Waals surface area contributed by atoms with Crippen molar-refractivity contribution in [2.75, 3.05) is 6.54 Å². The number of likely N-dealkylation sites (tertiary alicyclic amines) is 1. The molecule has 1 saturated heterocycles. The van der Waals surface area contributed by atoms with Gasteiger partial charge < -0.3 is 4.74 Å². The quantitative estimate of drug-likeness (QED) is 0.247. The number of rotatable bonds is 7. The lowest BCUT2D eigenvalue weighted by Crippen LogP contribution is -2.52. The zero-order valence-electron chi connectivity index (χ0n) is 24.5. The highest BCUT2D eigenvalue weighted by Crippen LogP contribution is 2.54. The van der Waals surface area contributed by atoms with E-state index in [9.17, 15) is 18.0 Å². The van der Waals surface area contributed by atoms with E-state index in [1.807, 2.05) is 36.1 Å². The van der Waals surface area contributed by atoms with Gasteiger partial charge in [-0.05, 0) is 75.8 Å². The Labute approximate surface area is 235 Å². The molecule has 1 heterocycles. The first-order valence-corrected chi connectivity index (χ1v) is 13.9. The van der Waals surface area contributed by atoms with Crippen molar-refractivity contribution in [1.29, 1.82) is 0 Å². The third-order valence-electron chi connectivity index (χ3n) is 7.34. The maximum atomic E-state index is 16.2. The molecule has 0 amide bonds. The summed E-state index contributed by atoms with van der Waals surface area (Å²) >= 11 is 0. The summed E-state index contributed by atoms with van der Waals surface area (Å²) in [5.41, 5.74) is 0.340. The molecule has 1 fully saturated rings. The highest BCUT2D eigenvalue weighted by atomic mass is 19.4. The first-order chi connectivity index (χ1) is 18.3. The molecule has 3 nitrogen and oxygen atoms in total. The number of piperidine rings is 1. The minimum Gasteiger partial charge on any atom is -0.460 e. The van der Waals surface area contributed by atoms with E-state index in [1.165, 1.54) is 12.1 Å². The summed E-state index contributed by atoms with van der Waals surface area (Å²) in [5, 5.41) is 0. The molecule has 3 atom stereocenters. The van der Waals surface area contributed by atoms with Crippen molar-refractivity contribution in [3.05, 3.63) is 70.8 Å². The molecule has 2 aromatic carbocycles. The number of benzene rings is 2. The summed E-state index contributed by atoms with van der Waals surface area (Å²) < 4.78 is 77.8. The lowest BCUT2D eigenvalue weighted by atomic mass is 9.75. The van der Waals surface area contributed by atoms with E-state index in [0.717, 1.165) is 24.1 Å². The number of hydrogen-bond acceptors (Lipinski definition) is 3. The van der Waals surface area contributed by atoms with E-state index in [-0.39, 0.29) is 5.41 Å². The van der Waals surface area contributed by atoms with Gasteiger partial charge in [-0.2, -0.15) is 13.2 Å². The Hall–Kier alpha value is -2.48. The molecule has 8 heteroatoms. The fourth-order valence-electron chi connectivity index (χ4n) is 5.48. The van der Waals surface area contributed by atoms with Crippen molar-refractivity contribution in [3.8, 4) is 0 Å². The standard InChI is InChI=1S/C32H42F5NO2/c1-21-9-11-22(12-10-21)26-20-31(33,34)25(19-27(39)40-30(5,6)7)28(38(26)18-8-17-29(2,3)4)23-13-15-24(16-14-23)32(35,36)37/h9-16,25-26,28H,8,17-20H2,1-7H3/t25-,26+,28-/m1/s1. The lowest BCUT2D eigenvalue weighted by Gasteiger charge is -2.50. The number of alkyl halides is 5. The molecule has 3 rings (SSSR count). The van der Waals surface area contributed by atoms with Gasteiger partial charge in [0.15, 0.2) is 0 Å². The highest BCUT2D eigenvalue weighted by Gasteiger charge is 2.55. The smallest absolute Gasteiger partial charge is 0.416 e. The van der Waals surface area contributed by atoms with Crippen molar-refractivity contribution in [2.45, 2.75) is 104 Å². The predicted octanol–water partition coefficient (Wildman–Crippen LogP) is 9.31. The Morgan fingerprint density at radius 3 is 1.98 bits per heavy atom. The number of halogens is 5. The molecule has 0 radical (unpaired) electrons. The average molecular weight is 568 g/mol. The van der Waals surface area contributed by atoms with Gasteiger partial charge >= 0.3 is 12.1 Å². The van der Waals surface area contributed by atoms with Gasteiger partial charge in [-0.25, -0.2) is 8.78 Å². The molecule has 0 aliphatic carbocycles. The minimum absolute atomic E-state index is 0.0127. The third-order valence-corrected chi connectivity index (χ3v) is 7.34. The van der Waals surface area contributed by atoms with E-state index in [4.69, 9.17) is 4.74 Å². The van der Waals surface area contributed by atoms with Gasteiger partial charge in [-0.3, -0.25) is 9.69 Å². The number of hydrogen-bond donors (Lipinski definition) is 0. The van der Waals surface area contributed by atoms with E-state index in [1.54, 1.807) is 20.8 Å². The van der Waals surface area contributed by atoms with E-state index < -0.39 is 60.1 Å². The first kappa shape index (κ1) is 32.0. The van der Waals surface area contributed by atoms with Crippen LogP contribution in [0.25, 0.3) is 0 Å². The van der Waals surface area contributed by atoms with Crippen molar-refractivity contribution < 1.29 is 31.5 Å². The van der Waals surface area contributed by atoms with Crippen LogP contribution in [0, 0.1) is 18.3 Å². The zero-order chi connectivity index (χ0) is 30.1. The normalized spacial score (nSPS) is 22.2. The molecule has 40 heavy (non-hydrogen) atoms. The Morgan fingerprint density at radius 2 is 1.48 bits per heavy atom. The highest BCUT2D eigenvalue weighted by molar-refractivity contribution is 5.70. The SMILES string of the molecule is Cc1ccc([C@@H]2CC(F)(F)[C@H](CC(=O)OC(C)(C)C)[C@@H](c3ccc(C(F)(F)F)cc3)N2CCCC(C)(C)C)cc1. The number of carbonyl (C=O) groups is 1. The molecule has 0 aromatic heterocycles. The van der Waals surface area contributed by atoms with Crippen LogP contribution >= 0.6 is 0 Å². The Balaban J connectivity index is 2.13. The second-order valence-electron chi connectivity index (χ2n) is 13.3. The summed E-state index contributed by atoms with van der Waals surface area (Å²) in [7, 11) is 0. The van der Waals surface area contributed by atoms with Crippen LogP contribution in [0.15, 0.2) is 48.5 Å². The van der Waals surface area contributed by atoms with Gasteiger partial charge in [0.05, 0.1) is 17.9 Å². The van der Waals surface area contributed by atoms with E-state index in [0.29, 0.717) is 24.1 Å². The molecule has 0 spiro atoms. The van der Waals surface area contributed by atoms with Crippen LogP contribution < -0.4 is 0 Å². The molecule has 1 aliphatic rings. The van der Waals surface area contributed by atoms with Crippen LogP contribution in [0.1, 0.15) is 102 Å². The summed E-state index contributed by atoms with van der Waals surface area (Å²) in [6, 6.07) is 10.2. The monoisotopic (exact) mass is 567 g/mol. The lowest BCUT2D eigenvalue weighted by molar-refractivity contribution is -0.179. The molecular weight excluding hydrogens is 525 g/mol. The second-order valence-corrected chi connectivity index (χ2v) is 13.3. The van der Waals surface area contributed by atoms with Gasteiger partial charge in [0.1, 0.15) is 5.60 Å². The summed E-state index contributed by atoms with van der Waals surface area (Å²) in [5.74, 6) is -5.51. The number of aryl methyl sites for hydroxylation is 1. The summed E-state index contributed by atoms with van der Waals surface area (Å²) in [6.45, 7) is 13.7. The van der Waals surface area contributed by atoms with Gasteiger partial charge in [0.25, 0.3) is 5.92 Å². The summed E-state index contributed by atoms with van der Waals surface area (Å²) in [4.78, 5) is 14.9. The van der Waals surface area contributed by atoms with Gasteiger partial charge in [-0.1, -0.05) is 62.7 Å². The molecule has 0 unspecified atom stereocenters. The maximum absolute atomic E-state index is 16.2. The topological polar surface area (TPSA) is 29.5 Å². The van der Waals surface area contributed by atoms with Crippen molar-refractivity contribution in [2.24, 2.45) is 11.3 Å². The van der Waals surface area contributed by atoms with Crippen LogP contribution in [0.5, 0.6) is 0 Å². The maximum Gasteiger partial charge on any atom is 0.416 e. The van der Waals surface area contributed by atoms with E-state index >= 15 is 8.78 Å². The largest absolute Gasteiger partial charge is 0.460 e. The molecule has 1 aliphatic heterocycles. The number of ether oxygens (including phenoxy) is 1. The van der Waals surface area contributed by atoms with E-state index in [2.05, 4.69) is 20.8 Å². The van der Waals surface area contributed by atoms with Crippen molar-refractivity contribution >= 4 is 5.97 Å². The molecule has 0 saturated carbocycles. The Bertz CT molecular complexity index is 1130. The number of esters is 1. The molecule has 0 bridgehead atoms. The van der Waals surface area contributed by atoms with Crippen molar-refractivity contribution in [3.63, 3.8) is 0 Å². The van der Waals surface area contributed by atoms with Gasteiger partial charge in [-0.15, -0.1) is 0 Å². The van der Waals surface area contributed by atoms with Crippen LogP contribution in [-0.2, 0) is 15.7 Å². The second kappa shape index (κ2) is 11.8. The fraction of sp³-hybridized carbons (Fsp3) is 0.594. The van der Waals surface area contributed by atoms with Crippen molar-refractivity contribution in [1.82, 2.24) is 4.90 Å². The van der Waals surface area contributed by atoms with Crippen LogP contribution in [0.2, 0.25) is 0 Å². The molecule has 0 N–H and O–H groups in total. The average Bonchev–Trinajstić information content (AvgIpc) is 2.79. The Kier molecular flexibility index (Phi) is 9.44. The minimum atomic E-state index is -4.55. The van der Waals surface area contributed by atoms with Gasteiger partial charge in [0, 0.05) is 18.5 Å². The predicted molar refractivity (Wildman–Crippen MR) is 147 cm³/mol. The van der Waals surface area contributed by atoms with Gasteiger partial charge in [0.2, 0.25) is 0 Å². The molecule has 2 aromatic rings. The summed E-state index contributed by atoms with van der Waals surface area (Å²) in [6.07, 6.45) is -4.07. The van der Waals surface area contributed by atoms with Crippen LogP contribution in [0.4, 0.5) is 22.0 Å². The van der Waals surface area contributed by atoms with Crippen LogP contribution in [-0.4, -0.2) is 28.9 Å². The zero-order valence-corrected chi connectivity index (χ0v) is 24.5. The fourth-order valence-corrected chi connectivity index (χ4v) is 5.48. The molecular formula is C32H42F5NO2. The third kappa shape index (κ3) is 8.51. The van der Waals surface area contributed by atoms with Crippen LogP contribution in [0.3, 0.4) is 0 Å². The number of carbonyl (C=O) groups excluding carboxylic acids is 1. The number of nitrogens with zero attached hydrogens (tertiary/aromatic N) is 1. The molecule has 222 valence electrons. The first-order valence-electron chi connectivity index (χ1n) is 13.9. The Morgan fingerprint density at radius 1 is 0.925 bits per heavy atom.